The zero-order valence-electron chi connectivity index (χ0n) is 17.9. The first-order valence-corrected chi connectivity index (χ1v) is 12.1. The fraction of sp³-hybridized carbons (Fsp3) is 0.304. The molecule has 6 rings (SSSR count). The Balaban J connectivity index is 1.28. The van der Waals surface area contributed by atoms with Crippen LogP contribution >= 0.6 is 23.4 Å². The number of nitrogens with two attached hydrogens (primary N) is 1. The highest BCUT2D eigenvalue weighted by Gasteiger charge is 2.41. The van der Waals surface area contributed by atoms with Crippen molar-refractivity contribution in [1.82, 2.24) is 24.3 Å². The van der Waals surface area contributed by atoms with E-state index in [0.717, 1.165) is 60.2 Å². The predicted molar refractivity (Wildman–Crippen MR) is 132 cm³/mol. The molecule has 1 aliphatic heterocycles. The van der Waals surface area contributed by atoms with Crippen molar-refractivity contribution in [3.63, 3.8) is 0 Å². The highest BCUT2D eigenvalue weighted by molar-refractivity contribution is 7.99. The summed E-state index contributed by atoms with van der Waals surface area (Å²) in [6, 6.07) is 6.08. The molecule has 4 aromatic heterocycles. The van der Waals surface area contributed by atoms with Crippen LogP contribution in [0.3, 0.4) is 0 Å². The summed E-state index contributed by atoms with van der Waals surface area (Å²) in [5, 5.41) is 0.407. The van der Waals surface area contributed by atoms with Gasteiger partial charge in [-0.3, -0.25) is 9.38 Å². The maximum atomic E-state index is 6.45. The molecule has 33 heavy (non-hydrogen) atoms. The number of nitrogens with zero attached hydrogens (tertiary/aromatic N) is 6. The summed E-state index contributed by atoms with van der Waals surface area (Å²) in [4.78, 5) is 21.9. The van der Waals surface area contributed by atoms with Gasteiger partial charge < -0.3 is 10.6 Å². The average molecular weight is 474 g/mol. The number of hydrogen-bond acceptors (Lipinski definition) is 7. The van der Waals surface area contributed by atoms with E-state index in [0.29, 0.717) is 16.0 Å². The molecule has 2 N–H and O–H groups in total. The summed E-state index contributed by atoms with van der Waals surface area (Å²) < 4.78 is 2.01. The Labute approximate surface area is 202 Å². The number of nitrogen functional groups attached to an aromatic ring is 1. The number of anilines is 2. The predicted octanol–water partition coefficient (Wildman–Crippen LogP) is 3.09. The zero-order chi connectivity index (χ0) is 22.6. The monoisotopic (exact) mass is 473 g/mol. The number of pyridine rings is 2. The Morgan fingerprint density at radius 1 is 1.06 bits per heavy atom. The van der Waals surface area contributed by atoms with Gasteiger partial charge in [0.05, 0.1) is 9.92 Å². The minimum Gasteiger partial charge on any atom is -0.382 e. The van der Waals surface area contributed by atoms with Crippen LogP contribution in [0.4, 0.5) is 11.8 Å². The van der Waals surface area contributed by atoms with Gasteiger partial charge in [-0.1, -0.05) is 29.4 Å². The van der Waals surface area contributed by atoms with Crippen LogP contribution in [-0.4, -0.2) is 45.3 Å². The fourth-order valence-electron chi connectivity index (χ4n) is 5.06. The van der Waals surface area contributed by atoms with E-state index in [1.54, 1.807) is 12.4 Å². The Morgan fingerprint density at radius 3 is 2.73 bits per heavy atom. The largest absolute Gasteiger partial charge is 0.382 e. The van der Waals surface area contributed by atoms with Crippen molar-refractivity contribution in [1.29, 1.82) is 0 Å². The van der Waals surface area contributed by atoms with Gasteiger partial charge in [-0.05, 0) is 48.8 Å². The third-order valence-corrected chi connectivity index (χ3v) is 8.47. The molecule has 164 valence electrons. The highest BCUT2D eigenvalue weighted by Crippen LogP contribution is 2.44. The second-order valence-electron chi connectivity index (χ2n) is 8.81. The molecule has 10 heteroatoms. The Bertz CT molecular complexity index is 1340. The van der Waals surface area contributed by atoms with E-state index >= 15 is 0 Å². The molecule has 5 heterocycles. The number of imidazole rings is 1. The standard InChI is InChI=1S/C23H21BClN7S/c24-19-18(33-16-3-7-28-20(26)17(16)25)21-29-8-11-32(21)22(30-19)31-9-4-23(5-10-31)12-14-2-1-6-27-15(14)13-23/h1-3,6-8,11H,4-5,9-10,12-13H2,(H2,26,28). The third-order valence-electron chi connectivity index (χ3n) is 6.80. The van der Waals surface area contributed by atoms with Crippen LogP contribution in [0.25, 0.3) is 5.65 Å². The van der Waals surface area contributed by atoms with Gasteiger partial charge in [-0.25, -0.2) is 15.0 Å². The number of halogens is 1. The summed E-state index contributed by atoms with van der Waals surface area (Å²) in [6.45, 7) is 1.85. The summed E-state index contributed by atoms with van der Waals surface area (Å²) in [5.74, 6) is 1.11. The lowest BCUT2D eigenvalue weighted by Crippen LogP contribution is -2.42. The van der Waals surface area contributed by atoms with Crippen LogP contribution in [0.2, 0.25) is 5.02 Å². The van der Waals surface area contributed by atoms with Crippen molar-refractivity contribution < 1.29 is 0 Å². The van der Waals surface area contributed by atoms with Crippen LogP contribution < -0.4 is 16.2 Å². The number of aromatic nitrogens is 5. The third kappa shape index (κ3) is 3.54. The maximum Gasteiger partial charge on any atom is 0.210 e. The van der Waals surface area contributed by atoms with Gasteiger partial charge in [-0.2, -0.15) is 0 Å². The molecular weight excluding hydrogens is 453 g/mol. The summed E-state index contributed by atoms with van der Waals surface area (Å²) in [5.41, 5.74) is 10.0. The molecule has 0 saturated carbocycles. The van der Waals surface area contributed by atoms with E-state index in [1.165, 1.54) is 23.0 Å². The van der Waals surface area contributed by atoms with Gasteiger partial charge in [0.15, 0.2) is 5.65 Å². The topological polar surface area (TPSA) is 85.2 Å². The van der Waals surface area contributed by atoms with E-state index in [4.69, 9.17) is 30.2 Å². The summed E-state index contributed by atoms with van der Waals surface area (Å²) in [6.07, 6.45) is 11.6. The van der Waals surface area contributed by atoms with Crippen molar-refractivity contribution >= 4 is 54.2 Å². The average Bonchev–Trinajstić information content (AvgIpc) is 3.44. The van der Waals surface area contributed by atoms with E-state index < -0.39 is 0 Å². The van der Waals surface area contributed by atoms with Crippen LogP contribution in [-0.2, 0) is 12.8 Å². The molecule has 2 aliphatic rings. The number of fused-ring (bicyclic) bond motifs is 2. The van der Waals surface area contributed by atoms with Gasteiger partial charge in [0, 0.05) is 54.1 Å². The normalized spacial score (nSPS) is 17.1. The molecular formula is C23H21BClN7S. The number of piperidine rings is 1. The first-order valence-electron chi connectivity index (χ1n) is 10.9. The van der Waals surface area contributed by atoms with E-state index in [9.17, 15) is 0 Å². The van der Waals surface area contributed by atoms with Crippen LogP contribution in [0, 0.1) is 5.41 Å². The first-order chi connectivity index (χ1) is 16.0. The second kappa shape index (κ2) is 7.92. The second-order valence-corrected chi connectivity index (χ2v) is 10.2. The quantitative estimate of drug-likeness (QED) is 0.458. The molecule has 0 atom stereocenters. The lowest BCUT2D eigenvalue weighted by atomic mass is 9.76. The minimum absolute atomic E-state index is 0.288. The molecule has 1 saturated heterocycles. The number of hydrogen-bond donors (Lipinski definition) is 1. The van der Waals surface area contributed by atoms with E-state index in [1.807, 2.05) is 28.9 Å². The molecule has 4 aromatic rings. The lowest BCUT2D eigenvalue weighted by Gasteiger charge is -2.40. The summed E-state index contributed by atoms with van der Waals surface area (Å²) in [7, 11) is 6.45. The Kier molecular flexibility index (Phi) is 4.99. The van der Waals surface area contributed by atoms with Gasteiger partial charge in [0.1, 0.15) is 13.7 Å². The smallest absolute Gasteiger partial charge is 0.210 e. The van der Waals surface area contributed by atoms with Gasteiger partial charge in [0.25, 0.3) is 0 Å². The van der Waals surface area contributed by atoms with Crippen molar-refractivity contribution in [3.8, 4) is 0 Å². The maximum absolute atomic E-state index is 6.45. The van der Waals surface area contributed by atoms with Crippen molar-refractivity contribution in [2.24, 2.45) is 5.41 Å². The van der Waals surface area contributed by atoms with Crippen molar-refractivity contribution in [3.05, 3.63) is 59.3 Å². The lowest BCUT2D eigenvalue weighted by molar-refractivity contribution is 0.230. The first kappa shape index (κ1) is 20.8. The molecule has 0 amide bonds. The molecule has 0 bridgehead atoms. The van der Waals surface area contributed by atoms with Crippen LogP contribution in [0.15, 0.2) is 52.8 Å². The molecule has 0 aromatic carbocycles. The molecule has 1 fully saturated rings. The Morgan fingerprint density at radius 2 is 1.91 bits per heavy atom. The van der Waals surface area contributed by atoms with Gasteiger partial charge >= 0.3 is 0 Å². The number of rotatable bonds is 3. The van der Waals surface area contributed by atoms with E-state index in [2.05, 4.69) is 25.9 Å². The zero-order valence-corrected chi connectivity index (χ0v) is 19.5. The minimum atomic E-state index is 0.288. The van der Waals surface area contributed by atoms with Gasteiger partial charge in [0.2, 0.25) is 5.95 Å². The fourth-order valence-corrected chi connectivity index (χ4v) is 6.22. The van der Waals surface area contributed by atoms with Crippen LogP contribution in [0.5, 0.6) is 0 Å². The van der Waals surface area contributed by atoms with Crippen molar-refractivity contribution in [2.45, 2.75) is 35.5 Å². The van der Waals surface area contributed by atoms with E-state index in [-0.39, 0.29) is 5.82 Å². The highest BCUT2D eigenvalue weighted by atomic mass is 35.5. The SMILES string of the molecule is [B]c1nc(N2CCC3(CC2)Cc2cccnc2C3)n2ccnc2c1Sc1ccnc(N)c1Cl. The van der Waals surface area contributed by atoms with Gasteiger partial charge in [-0.15, -0.1) is 0 Å². The molecule has 7 nitrogen and oxygen atoms in total. The molecule has 1 spiro atoms. The van der Waals surface area contributed by atoms with Crippen molar-refractivity contribution in [2.75, 3.05) is 23.7 Å². The molecule has 0 unspecified atom stereocenters. The molecule has 2 radical (unpaired) electrons. The molecule has 1 aliphatic carbocycles. The summed E-state index contributed by atoms with van der Waals surface area (Å²) >= 11 is 7.76. The van der Waals surface area contributed by atoms with Crippen LogP contribution in [0.1, 0.15) is 24.1 Å². The Hall–Kier alpha value is -2.78.